The Labute approximate surface area is 327 Å². The van der Waals surface area contributed by atoms with Crippen LogP contribution in [0.2, 0.25) is 0 Å². The molecule has 7 nitrogen and oxygen atoms in total. The number of nitrogens with zero attached hydrogens (tertiary/aromatic N) is 7. The van der Waals surface area contributed by atoms with Crippen molar-refractivity contribution < 1.29 is 0 Å². The first-order valence-electron chi connectivity index (χ1n) is 18.3. The zero-order valence-corrected chi connectivity index (χ0v) is 31.2. The number of aromatic nitrogens is 7. The van der Waals surface area contributed by atoms with Crippen LogP contribution in [-0.2, 0) is 0 Å². The summed E-state index contributed by atoms with van der Waals surface area (Å²) in [4.78, 5) is 26.3. The lowest BCUT2D eigenvalue weighted by atomic mass is 10.1. The van der Waals surface area contributed by atoms with Gasteiger partial charge in [-0.05, 0) is 66.7 Å². The second kappa shape index (κ2) is 12.2. The molecular formula is C47H27N7S2. The molecule has 0 unspecified atom stereocenters. The normalized spacial score (nSPS) is 11.9. The highest BCUT2D eigenvalue weighted by Crippen LogP contribution is 2.39. The van der Waals surface area contributed by atoms with Gasteiger partial charge < -0.3 is 0 Å². The number of hydrogen-bond acceptors (Lipinski definition) is 7. The van der Waals surface area contributed by atoms with Gasteiger partial charge in [0.1, 0.15) is 10.0 Å². The van der Waals surface area contributed by atoms with Crippen LogP contribution in [-0.4, -0.2) is 34.1 Å². The second-order valence-electron chi connectivity index (χ2n) is 13.8. The van der Waals surface area contributed by atoms with Crippen LogP contribution in [0.25, 0.3) is 108 Å². The number of fused-ring (bicyclic) bond motifs is 8. The Hall–Kier alpha value is -7.07. The molecule has 0 fully saturated rings. The molecule has 0 saturated heterocycles. The van der Waals surface area contributed by atoms with Crippen molar-refractivity contribution >= 4 is 86.7 Å². The van der Waals surface area contributed by atoms with E-state index >= 15 is 0 Å². The van der Waals surface area contributed by atoms with Crippen LogP contribution in [0.3, 0.4) is 0 Å². The summed E-state index contributed by atoms with van der Waals surface area (Å²) in [6.45, 7) is 0. The van der Waals surface area contributed by atoms with Gasteiger partial charge >= 0.3 is 0 Å². The molecule has 0 atom stereocenters. The van der Waals surface area contributed by atoms with Crippen LogP contribution in [0, 0.1) is 0 Å². The van der Waals surface area contributed by atoms with E-state index in [0.717, 1.165) is 90.8 Å². The van der Waals surface area contributed by atoms with Gasteiger partial charge in [-0.25, -0.2) is 9.97 Å². The van der Waals surface area contributed by atoms with Gasteiger partial charge in [0.15, 0.2) is 5.82 Å². The number of benzene rings is 7. The van der Waals surface area contributed by atoms with E-state index in [1.54, 1.807) is 22.7 Å². The van der Waals surface area contributed by atoms with Gasteiger partial charge in [-0.15, -0.1) is 22.7 Å². The first kappa shape index (κ1) is 31.3. The van der Waals surface area contributed by atoms with E-state index in [0.29, 0.717) is 17.7 Å². The monoisotopic (exact) mass is 753 g/mol. The summed E-state index contributed by atoms with van der Waals surface area (Å²) in [5.74, 6) is 1.63. The van der Waals surface area contributed by atoms with Gasteiger partial charge in [0.2, 0.25) is 11.9 Å². The van der Waals surface area contributed by atoms with Crippen molar-refractivity contribution in [1.82, 2.24) is 34.1 Å². The molecular weight excluding hydrogens is 727 g/mol. The molecule has 5 heterocycles. The highest BCUT2D eigenvalue weighted by atomic mass is 32.1. The zero-order valence-electron chi connectivity index (χ0n) is 29.5. The first-order valence-corrected chi connectivity index (χ1v) is 20.0. The topological polar surface area (TPSA) is 74.3 Å². The predicted octanol–water partition coefficient (Wildman–Crippen LogP) is 12.3. The Bertz CT molecular complexity index is 3120. The fourth-order valence-corrected chi connectivity index (χ4v) is 9.86. The summed E-state index contributed by atoms with van der Waals surface area (Å²) in [5.41, 5.74) is 8.86. The highest BCUT2D eigenvalue weighted by Gasteiger charge is 2.22. The molecule has 0 aliphatic heterocycles. The van der Waals surface area contributed by atoms with Gasteiger partial charge in [-0.1, -0.05) is 97.1 Å². The Morgan fingerprint density at radius 2 is 0.696 bits per heavy atom. The van der Waals surface area contributed by atoms with Crippen molar-refractivity contribution in [3.8, 4) is 44.4 Å². The average molecular weight is 754 g/mol. The molecule has 0 amide bonds. The Morgan fingerprint density at radius 3 is 1.11 bits per heavy atom. The zero-order chi connectivity index (χ0) is 36.7. The summed E-state index contributed by atoms with van der Waals surface area (Å²) in [5, 5.41) is 6.40. The molecule has 12 rings (SSSR count). The van der Waals surface area contributed by atoms with Gasteiger partial charge in [0.25, 0.3) is 0 Å². The van der Waals surface area contributed by atoms with E-state index in [1.165, 1.54) is 0 Å². The fourth-order valence-electron chi connectivity index (χ4n) is 7.95. The molecule has 262 valence electrons. The van der Waals surface area contributed by atoms with E-state index in [2.05, 4.69) is 161 Å². The number of rotatable bonds is 5. The number of para-hydroxylation sites is 6. The van der Waals surface area contributed by atoms with Crippen molar-refractivity contribution in [1.29, 1.82) is 0 Å². The quantitative estimate of drug-likeness (QED) is 0.175. The van der Waals surface area contributed by atoms with E-state index in [9.17, 15) is 0 Å². The van der Waals surface area contributed by atoms with Gasteiger partial charge in [-0.3, -0.25) is 9.13 Å². The molecule has 0 N–H and O–H groups in total. The molecule has 56 heavy (non-hydrogen) atoms. The molecule has 0 spiro atoms. The van der Waals surface area contributed by atoms with E-state index in [4.69, 9.17) is 24.9 Å². The van der Waals surface area contributed by atoms with Crippen LogP contribution in [0.15, 0.2) is 164 Å². The summed E-state index contributed by atoms with van der Waals surface area (Å²) < 4.78 is 6.60. The van der Waals surface area contributed by atoms with Gasteiger partial charge in [0.05, 0.1) is 42.5 Å². The first-order chi connectivity index (χ1) is 27.7. The van der Waals surface area contributed by atoms with E-state index in [-0.39, 0.29) is 0 Å². The Morgan fingerprint density at radius 1 is 0.339 bits per heavy atom. The van der Waals surface area contributed by atoms with Crippen LogP contribution in [0.5, 0.6) is 0 Å². The summed E-state index contributed by atoms with van der Waals surface area (Å²) >= 11 is 3.36. The minimum absolute atomic E-state index is 0.538. The predicted molar refractivity (Wildman–Crippen MR) is 231 cm³/mol. The highest BCUT2D eigenvalue weighted by molar-refractivity contribution is 7.22. The summed E-state index contributed by atoms with van der Waals surface area (Å²) in [7, 11) is 0. The van der Waals surface area contributed by atoms with Crippen LogP contribution < -0.4 is 0 Å². The average Bonchev–Trinajstić information content (AvgIpc) is 4.04. The third-order valence-electron chi connectivity index (χ3n) is 10.4. The third-order valence-corrected chi connectivity index (χ3v) is 12.6. The van der Waals surface area contributed by atoms with Crippen molar-refractivity contribution in [3.05, 3.63) is 164 Å². The smallest absolute Gasteiger partial charge is 0.240 e. The van der Waals surface area contributed by atoms with Crippen molar-refractivity contribution in [2.75, 3.05) is 0 Å². The van der Waals surface area contributed by atoms with E-state index < -0.39 is 0 Å². The second-order valence-corrected chi connectivity index (χ2v) is 15.8. The molecule has 9 heteroatoms. The maximum atomic E-state index is 5.36. The molecule has 0 saturated carbocycles. The van der Waals surface area contributed by atoms with Gasteiger partial charge in [-0.2, -0.15) is 15.0 Å². The standard InChI is InChI=1S/C47H27N7S2/c1-7-19-37-31(13-1)32-14-2-8-20-38(32)53(37)46-50-43(51-47(52-46)54-39-21-9-3-15-33(39)34-16-4-10-22-40(34)54)28-25-29(44-48-35-17-5-11-23-41(35)55-44)27-30(26-28)45-49-36-18-6-12-24-42(36)56-45/h1-27H. The van der Waals surface area contributed by atoms with Gasteiger partial charge in [0, 0.05) is 38.2 Å². The van der Waals surface area contributed by atoms with Crippen LogP contribution >= 0.6 is 22.7 Å². The Balaban J connectivity index is 1.17. The molecule has 7 aromatic carbocycles. The van der Waals surface area contributed by atoms with Crippen LogP contribution in [0.1, 0.15) is 0 Å². The maximum absolute atomic E-state index is 5.36. The van der Waals surface area contributed by atoms with Crippen molar-refractivity contribution in [2.24, 2.45) is 0 Å². The number of hydrogen-bond donors (Lipinski definition) is 0. The fraction of sp³-hybridized carbons (Fsp3) is 0. The lowest BCUT2D eigenvalue weighted by Crippen LogP contribution is -2.10. The Kier molecular flexibility index (Phi) is 6.83. The van der Waals surface area contributed by atoms with Crippen molar-refractivity contribution in [3.63, 3.8) is 0 Å². The SMILES string of the molecule is c1ccc2sc(-c3cc(-c4nc(-n5c6ccccc6c6ccccc65)nc(-n5c6ccccc6c6ccccc65)n4)cc(-c4nc5ccccc5s4)c3)nc2c1. The summed E-state index contributed by atoms with van der Waals surface area (Å²) in [6, 6.07) is 56.9. The third kappa shape index (κ3) is 4.85. The molecule has 0 aliphatic rings. The summed E-state index contributed by atoms with van der Waals surface area (Å²) in [6.07, 6.45) is 0. The number of thiazole rings is 2. The molecule has 5 aromatic heterocycles. The van der Waals surface area contributed by atoms with Crippen LogP contribution in [0.4, 0.5) is 0 Å². The lowest BCUT2D eigenvalue weighted by molar-refractivity contribution is 0.893. The van der Waals surface area contributed by atoms with E-state index in [1.807, 2.05) is 12.1 Å². The minimum atomic E-state index is 0.538. The molecule has 12 aromatic rings. The lowest BCUT2D eigenvalue weighted by Gasteiger charge is -2.13. The molecule has 0 aliphatic carbocycles. The molecule has 0 radical (unpaired) electrons. The largest absolute Gasteiger partial charge is 0.278 e. The van der Waals surface area contributed by atoms with Crippen molar-refractivity contribution in [2.45, 2.75) is 0 Å². The minimum Gasteiger partial charge on any atom is -0.278 e. The maximum Gasteiger partial charge on any atom is 0.240 e. The molecule has 0 bridgehead atoms.